The van der Waals surface area contributed by atoms with Gasteiger partial charge in [0.25, 0.3) is 0 Å². The minimum atomic E-state index is -0.261. The molecule has 0 bridgehead atoms. The molecule has 3 heteroatoms. The highest BCUT2D eigenvalue weighted by Gasteiger charge is 2.12. The van der Waals surface area contributed by atoms with Crippen molar-refractivity contribution in [1.82, 2.24) is 0 Å². The Bertz CT molecular complexity index is 566. The third-order valence-electron chi connectivity index (χ3n) is 3.46. The Labute approximate surface area is 128 Å². The minimum Gasteiger partial charge on any atom is -0.320 e. The van der Waals surface area contributed by atoms with Crippen molar-refractivity contribution in [2.45, 2.75) is 32.2 Å². The Hall–Kier alpha value is -1.19. The number of benzene rings is 2. The fraction of sp³-hybridized carbons (Fsp3) is 0.294. The van der Waals surface area contributed by atoms with Crippen molar-refractivity contribution in [3.63, 3.8) is 0 Å². The Balaban J connectivity index is 2.18. The third kappa shape index (κ3) is 3.68. The van der Waals surface area contributed by atoms with E-state index in [1.54, 1.807) is 6.07 Å². The first kappa shape index (κ1) is 15.2. The lowest BCUT2D eigenvalue weighted by Crippen LogP contribution is -2.12. The molecule has 0 radical (unpaired) electrons. The molecule has 0 aliphatic carbocycles. The van der Waals surface area contributed by atoms with Crippen LogP contribution in [0.1, 0.15) is 42.5 Å². The second-order valence-corrected chi connectivity index (χ2v) is 5.84. The van der Waals surface area contributed by atoms with Crippen LogP contribution in [0.5, 0.6) is 0 Å². The average Bonchev–Trinajstić information content (AvgIpc) is 2.45. The fourth-order valence-electron chi connectivity index (χ4n) is 2.21. The summed E-state index contributed by atoms with van der Waals surface area (Å²) < 4.78 is 13.8. The Morgan fingerprint density at radius 3 is 2.45 bits per heavy atom. The van der Waals surface area contributed by atoms with Gasteiger partial charge in [0, 0.05) is 4.47 Å². The zero-order chi connectivity index (χ0) is 14.5. The van der Waals surface area contributed by atoms with Crippen LogP contribution >= 0.6 is 15.9 Å². The summed E-state index contributed by atoms with van der Waals surface area (Å²) in [5, 5.41) is 0. The first-order valence-electron chi connectivity index (χ1n) is 6.91. The van der Waals surface area contributed by atoms with Crippen LogP contribution in [0.4, 0.5) is 4.39 Å². The largest absolute Gasteiger partial charge is 0.320 e. The van der Waals surface area contributed by atoms with Crippen LogP contribution in [0.25, 0.3) is 0 Å². The lowest BCUT2D eigenvalue weighted by Gasteiger charge is -2.15. The van der Waals surface area contributed by atoms with Crippen molar-refractivity contribution in [3.05, 3.63) is 69.4 Å². The van der Waals surface area contributed by atoms with Crippen LogP contribution in [0, 0.1) is 5.82 Å². The van der Waals surface area contributed by atoms with Gasteiger partial charge in [0.1, 0.15) is 5.82 Å². The molecular formula is C17H19BrFN. The molecule has 2 rings (SSSR count). The van der Waals surface area contributed by atoms with Crippen molar-refractivity contribution >= 4 is 15.9 Å². The van der Waals surface area contributed by atoms with Gasteiger partial charge in [0.2, 0.25) is 0 Å². The lowest BCUT2D eigenvalue weighted by molar-refractivity contribution is 0.625. The summed E-state index contributed by atoms with van der Waals surface area (Å²) in [4.78, 5) is 0. The van der Waals surface area contributed by atoms with E-state index in [1.807, 2.05) is 0 Å². The van der Waals surface area contributed by atoms with Crippen LogP contribution in [0.2, 0.25) is 0 Å². The predicted octanol–water partition coefficient (Wildman–Crippen LogP) is 4.98. The molecule has 0 spiro atoms. The quantitative estimate of drug-likeness (QED) is 0.819. The molecule has 2 aromatic rings. The number of hydrogen-bond acceptors (Lipinski definition) is 1. The van der Waals surface area contributed by atoms with Gasteiger partial charge >= 0.3 is 0 Å². The lowest BCUT2D eigenvalue weighted by atomic mass is 9.97. The molecule has 0 heterocycles. The summed E-state index contributed by atoms with van der Waals surface area (Å²) in [5.41, 5.74) is 9.53. The zero-order valence-corrected chi connectivity index (χ0v) is 13.2. The van der Waals surface area contributed by atoms with E-state index in [-0.39, 0.29) is 11.9 Å². The molecule has 2 aromatic carbocycles. The smallest absolute Gasteiger partial charge is 0.124 e. The topological polar surface area (TPSA) is 26.0 Å². The number of nitrogens with two attached hydrogens (primary N) is 1. The maximum absolute atomic E-state index is 13.1. The molecule has 0 saturated heterocycles. The second-order valence-electron chi connectivity index (χ2n) is 4.99. The summed E-state index contributed by atoms with van der Waals surface area (Å²) in [6.07, 6.45) is 3.50. The van der Waals surface area contributed by atoms with Crippen LogP contribution in [0.3, 0.4) is 0 Å². The molecule has 0 aliphatic rings. The molecule has 0 aliphatic heterocycles. The number of unbranched alkanes of at least 4 members (excludes halogenated alkanes) is 1. The van der Waals surface area contributed by atoms with Crippen LogP contribution in [-0.4, -0.2) is 0 Å². The van der Waals surface area contributed by atoms with Gasteiger partial charge in [-0.3, -0.25) is 0 Å². The summed E-state index contributed by atoms with van der Waals surface area (Å²) in [6, 6.07) is 12.8. The molecule has 2 N–H and O–H groups in total. The summed E-state index contributed by atoms with van der Waals surface area (Å²) in [6.45, 7) is 2.19. The minimum absolute atomic E-state index is 0.245. The summed E-state index contributed by atoms with van der Waals surface area (Å²) in [5.74, 6) is -0.261. The SMILES string of the molecule is CCCCc1ccc(C(N)c2ccc(F)cc2Br)cc1. The van der Waals surface area contributed by atoms with Crippen molar-refractivity contribution < 1.29 is 4.39 Å². The van der Waals surface area contributed by atoms with Crippen LogP contribution < -0.4 is 5.73 Å². The Morgan fingerprint density at radius 1 is 1.15 bits per heavy atom. The second kappa shape index (κ2) is 7.00. The van der Waals surface area contributed by atoms with Crippen molar-refractivity contribution in [2.75, 3.05) is 0 Å². The normalized spacial score (nSPS) is 12.4. The van der Waals surface area contributed by atoms with E-state index >= 15 is 0 Å². The van der Waals surface area contributed by atoms with Gasteiger partial charge in [0.15, 0.2) is 0 Å². The van der Waals surface area contributed by atoms with E-state index < -0.39 is 0 Å². The fourth-order valence-corrected chi connectivity index (χ4v) is 2.80. The van der Waals surface area contributed by atoms with E-state index in [0.29, 0.717) is 4.47 Å². The number of hydrogen-bond donors (Lipinski definition) is 1. The molecule has 1 nitrogen and oxygen atoms in total. The molecule has 0 fully saturated rings. The van der Waals surface area contributed by atoms with E-state index in [2.05, 4.69) is 47.1 Å². The molecule has 106 valence electrons. The third-order valence-corrected chi connectivity index (χ3v) is 4.14. The van der Waals surface area contributed by atoms with Crippen LogP contribution in [0.15, 0.2) is 46.9 Å². The van der Waals surface area contributed by atoms with Gasteiger partial charge in [-0.1, -0.05) is 59.6 Å². The first-order valence-corrected chi connectivity index (χ1v) is 7.70. The van der Waals surface area contributed by atoms with Crippen molar-refractivity contribution in [1.29, 1.82) is 0 Å². The molecule has 0 amide bonds. The van der Waals surface area contributed by atoms with Gasteiger partial charge in [-0.2, -0.15) is 0 Å². The molecule has 20 heavy (non-hydrogen) atoms. The first-order chi connectivity index (χ1) is 9.61. The van der Waals surface area contributed by atoms with Crippen molar-refractivity contribution in [2.24, 2.45) is 5.73 Å². The monoisotopic (exact) mass is 335 g/mol. The highest BCUT2D eigenvalue weighted by Crippen LogP contribution is 2.27. The van der Waals surface area contributed by atoms with Crippen molar-refractivity contribution in [3.8, 4) is 0 Å². The van der Waals surface area contributed by atoms with Gasteiger partial charge in [-0.25, -0.2) is 4.39 Å². The molecule has 1 unspecified atom stereocenters. The maximum atomic E-state index is 13.1. The van der Waals surface area contributed by atoms with Gasteiger partial charge < -0.3 is 5.73 Å². The van der Waals surface area contributed by atoms with Gasteiger partial charge in [-0.15, -0.1) is 0 Å². The number of rotatable bonds is 5. The Kier molecular flexibility index (Phi) is 5.32. The standard InChI is InChI=1S/C17H19BrFN/c1-2-3-4-12-5-7-13(8-6-12)17(20)15-10-9-14(19)11-16(15)18/h5-11,17H,2-4,20H2,1H3. The highest BCUT2D eigenvalue weighted by molar-refractivity contribution is 9.10. The molecular weight excluding hydrogens is 317 g/mol. The Morgan fingerprint density at radius 2 is 1.85 bits per heavy atom. The predicted molar refractivity (Wildman–Crippen MR) is 85.2 cm³/mol. The van der Waals surface area contributed by atoms with E-state index in [0.717, 1.165) is 17.5 Å². The van der Waals surface area contributed by atoms with E-state index in [1.165, 1.54) is 30.5 Å². The molecule has 1 atom stereocenters. The summed E-state index contributed by atoms with van der Waals surface area (Å²) in [7, 11) is 0. The van der Waals surface area contributed by atoms with E-state index in [4.69, 9.17) is 5.73 Å². The number of halogens is 2. The zero-order valence-electron chi connectivity index (χ0n) is 11.6. The van der Waals surface area contributed by atoms with Crippen LogP contribution in [-0.2, 0) is 6.42 Å². The molecule has 0 saturated carbocycles. The molecule has 0 aromatic heterocycles. The van der Waals surface area contributed by atoms with Gasteiger partial charge in [-0.05, 0) is 41.7 Å². The summed E-state index contributed by atoms with van der Waals surface area (Å²) >= 11 is 3.37. The van der Waals surface area contributed by atoms with E-state index in [9.17, 15) is 4.39 Å². The number of aryl methyl sites for hydroxylation is 1. The van der Waals surface area contributed by atoms with Gasteiger partial charge in [0.05, 0.1) is 6.04 Å². The highest BCUT2D eigenvalue weighted by atomic mass is 79.9. The average molecular weight is 336 g/mol. The maximum Gasteiger partial charge on any atom is 0.124 e.